The molecular formula is C16H19ClN2O2. The number of carbonyl (C=O) groups is 1. The van der Waals surface area contributed by atoms with E-state index in [0.717, 1.165) is 24.8 Å². The third-order valence-corrected chi connectivity index (χ3v) is 5.05. The topological polar surface area (TPSA) is 61.7 Å². The number of carbonyl (C=O) groups excluding carboxylic acids is 1. The van der Waals surface area contributed by atoms with Gasteiger partial charge >= 0.3 is 0 Å². The molecule has 0 aromatic heterocycles. The molecule has 2 N–H and O–H groups in total. The first-order valence-electron chi connectivity index (χ1n) is 7.21. The molecule has 21 heavy (non-hydrogen) atoms. The Morgan fingerprint density at radius 2 is 2.14 bits per heavy atom. The van der Waals surface area contributed by atoms with E-state index in [1.54, 1.807) is 13.1 Å². The van der Waals surface area contributed by atoms with E-state index in [9.17, 15) is 4.79 Å². The minimum Gasteiger partial charge on any atom is -0.294 e. The summed E-state index contributed by atoms with van der Waals surface area (Å²) >= 11 is 6.35. The van der Waals surface area contributed by atoms with Crippen molar-refractivity contribution in [3.05, 3.63) is 34.3 Å². The van der Waals surface area contributed by atoms with Gasteiger partial charge in [0.2, 0.25) is 0 Å². The first-order chi connectivity index (χ1) is 10.00. The molecule has 2 fully saturated rings. The molecular weight excluding hydrogens is 288 g/mol. The van der Waals surface area contributed by atoms with Gasteiger partial charge in [-0.3, -0.25) is 20.5 Å². The van der Waals surface area contributed by atoms with E-state index in [4.69, 9.17) is 16.8 Å². The SMILES string of the molecule is CN=C(NO)[C@H]1C[C@@H]1C(=O)c1ccc(C2(C)CC2)c(Cl)c1. The molecule has 2 aliphatic rings. The highest BCUT2D eigenvalue weighted by Crippen LogP contribution is 2.50. The molecule has 0 radical (unpaired) electrons. The van der Waals surface area contributed by atoms with Gasteiger partial charge in [-0.1, -0.05) is 30.7 Å². The van der Waals surface area contributed by atoms with Gasteiger partial charge in [-0.2, -0.15) is 0 Å². The third kappa shape index (κ3) is 2.58. The Hall–Kier alpha value is -1.39. The first kappa shape index (κ1) is 14.5. The van der Waals surface area contributed by atoms with Crippen LogP contribution in [0.3, 0.4) is 0 Å². The van der Waals surface area contributed by atoms with E-state index >= 15 is 0 Å². The molecule has 5 heteroatoms. The fourth-order valence-corrected chi connectivity index (χ4v) is 3.32. The summed E-state index contributed by atoms with van der Waals surface area (Å²) in [6, 6.07) is 5.64. The van der Waals surface area contributed by atoms with Crippen molar-refractivity contribution in [3.63, 3.8) is 0 Å². The predicted molar refractivity (Wildman–Crippen MR) is 82.2 cm³/mol. The van der Waals surface area contributed by atoms with Gasteiger partial charge in [0, 0.05) is 29.5 Å². The van der Waals surface area contributed by atoms with Crippen LogP contribution in [0.2, 0.25) is 5.02 Å². The van der Waals surface area contributed by atoms with Crippen LogP contribution in [0, 0.1) is 11.8 Å². The number of amidine groups is 1. The number of halogens is 1. The Labute approximate surface area is 129 Å². The summed E-state index contributed by atoms with van der Waals surface area (Å²) < 4.78 is 0. The van der Waals surface area contributed by atoms with Crippen molar-refractivity contribution in [2.75, 3.05) is 7.05 Å². The quantitative estimate of drug-likeness (QED) is 0.388. The average molecular weight is 307 g/mol. The molecule has 112 valence electrons. The molecule has 2 atom stereocenters. The zero-order valence-electron chi connectivity index (χ0n) is 12.2. The van der Waals surface area contributed by atoms with Crippen molar-refractivity contribution in [2.24, 2.45) is 16.8 Å². The summed E-state index contributed by atoms with van der Waals surface area (Å²) in [6.07, 6.45) is 3.03. The zero-order valence-corrected chi connectivity index (χ0v) is 12.9. The second kappa shape index (κ2) is 5.11. The highest BCUT2D eigenvalue weighted by Gasteiger charge is 2.47. The number of benzene rings is 1. The van der Waals surface area contributed by atoms with Crippen molar-refractivity contribution in [2.45, 2.75) is 31.6 Å². The molecule has 0 unspecified atom stereocenters. The fraction of sp³-hybridized carbons (Fsp3) is 0.500. The van der Waals surface area contributed by atoms with Crippen LogP contribution in [0.5, 0.6) is 0 Å². The van der Waals surface area contributed by atoms with E-state index in [1.165, 1.54) is 0 Å². The molecule has 0 saturated heterocycles. The summed E-state index contributed by atoms with van der Waals surface area (Å²) in [7, 11) is 1.60. The molecule has 0 spiro atoms. The van der Waals surface area contributed by atoms with Gasteiger partial charge in [0.15, 0.2) is 5.78 Å². The summed E-state index contributed by atoms with van der Waals surface area (Å²) in [5.41, 5.74) is 4.06. The third-order valence-electron chi connectivity index (χ3n) is 4.74. The van der Waals surface area contributed by atoms with E-state index in [2.05, 4.69) is 17.4 Å². The summed E-state index contributed by atoms with van der Waals surface area (Å²) in [6.45, 7) is 2.20. The maximum absolute atomic E-state index is 12.5. The van der Waals surface area contributed by atoms with Crippen LogP contribution >= 0.6 is 11.6 Å². The number of hydroxylamine groups is 1. The molecule has 0 aliphatic heterocycles. The monoisotopic (exact) mass is 306 g/mol. The van der Waals surface area contributed by atoms with Crippen LogP contribution in [0.15, 0.2) is 23.2 Å². The van der Waals surface area contributed by atoms with Gasteiger partial charge in [0.1, 0.15) is 5.84 Å². The Morgan fingerprint density at radius 1 is 1.43 bits per heavy atom. The number of hydrogen-bond donors (Lipinski definition) is 2. The smallest absolute Gasteiger partial charge is 0.166 e. The molecule has 3 rings (SSSR count). The van der Waals surface area contributed by atoms with Crippen molar-refractivity contribution in [1.82, 2.24) is 5.48 Å². The van der Waals surface area contributed by atoms with Crippen molar-refractivity contribution < 1.29 is 10.0 Å². The Bertz CT molecular complexity index is 623. The number of aliphatic imine (C=N–C) groups is 1. The molecule has 2 aliphatic carbocycles. The lowest BCUT2D eigenvalue weighted by Gasteiger charge is -2.12. The number of nitrogens with one attached hydrogen (secondary N) is 1. The number of hydrogen-bond acceptors (Lipinski definition) is 3. The standard InChI is InChI=1S/C16H19ClN2O2/c1-16(5-6-16)12-4-3-9(7-13(12)17)14(20)10-8-11(10)15(18-2)19-21/h3-4,7,10-11,21H,5-6,8H2,1-2H3,(H,18,19)/t10-,11-/m0/s1. The second-order valence-electron chi connectivity index (χ2n) is 6.29. The molecule has 0 bridgehead atoms. The summed E-state index contributed by atoms with van der Waals surface area (Å²) in [4.78, 5) is 16.4. The van der Waals surface area contributed by atoms with Crippen LogP contribution < -0.4 is 5.48 Å². The van der Waals surface area contributed by atoms with E-state index < -0.39 is 0 Å². The minimum absolute atomic E-state index is 0.00750. The van der Waals surface area contributed by atoms with Gasteiger partial charge < -0.3 is 0 Å². The maximum Gasteiger partial charge on any atom is 0.166 e. The minimum atomic E-state index is -0.109. The predicted octanol–water partition coefficient (Wildman–Crippen LogP) is 3.22. The molecule has 1 aromatic rings. The number of nitrogens with zero attached hydrogens (tertiary/aromatic N) is 1. The van der Waals surface area contributed by atoms with Crippen LogP contribution in [0.25, 0.3) is 0 Å². The van der Waals surface area contributed by atoms with Gasteiger partial charge in [0.05, 0.1) is 0 Å². The lowest BCUT2D eigenvalue weighted by molar-refractivity contribution is 0.0964. The molecule has 4 nitrogen and oxygen atoms in total. The van der Waals surface area contributed by atoms with E-state index in [0.29, 0.717) is 16.4 Å². The van der Waals surface area contributed by atoms with Crippen LogP contribution in [0.1, 0.15) is 42.1 Å². The fourth-order valence-electron chi connectivity index (χ4n) is 2.91. The number of ketones is 1. The van der Waals surface area contributed by atoms with Gasteiger partial charge in [-0.05, 0) is 36.3 Å². The Morgan fingerprint density at radius 3 is 2.67 bits per heavy atom. The van der Waals surface area contributed by atoms with Crippen LogP contribution in [-0.2, 0) is 5.41 Å². The van der Waals surface area contributed by atoms with Crippen LogP contribution in [0.4, 0.5) is 0 Å². The lowest BCUT2D eigenvalue weighted by Crippen LogP contribution is -2.23. The molecule has 2 saturated carbocycles. The Balaban J connectivity index is 1.76. The van der Waals surface area contributed by atoms with E-state index in [-0.39, 0.29) is 23.0 Å². The number of Topliss-reactive ketones (excluding diaryl/α,β-unsaturated/α-hetero) is 1. The lowest BCUT2D eigenvalue weighted by atomic mass is 9.95. The second-order valence-corrected chi connectivity index (χ2v) is 6.70. The molecule has 0 heterocycles. The van der Waals surface area contributed by atoms with Gasteiger partial charge in [-0.25, -0.2) is 0 Å². The summed E-state index contributed by atoms with van der Waals surface area (Å²) in [5, 5.41) is 9.65. The normalized spacial score (nSPS) is 26.4. The van der Waals surface area contributed by atoms with Crippen molar-refractivity contribution in [1.29, 1.82) is 0 Å². The molecule has 0 amide bonds. The van der Waals surface area contributed by atoms with Gasteiger partial charge in [0.25, 0.3) is 0 Å². The zero-order chi connectivity index (χ0) is 15.2. The van der Waals surface area contributed by atoms with Crippen molar-refractivity contribution >= 4 is 23.2 Å². The highest BCUT2D eigenvalue weighted by atomic mass is 35.5. The average Bonchev–Trinajstić information content (AvgIpc) is 3.37. The largest absolute Gasteiger partial charge is 0.294 e. The highest BCUT2D eigenvalue weighted by molar-refractivity contribution is 6.32. The van der Waals surface area contributed by atoms with Crippen LogP contribution in [-0.4, -0.2) is 23.9 Å². The Kier molecular flexibility index (Phi) is 3.54. The first-order valence-corrected chi connectivity index (χ1v) is 7.59. The number of rotatable bonds is 4. The van der Waals surface area contributed by atoms with Gasteiger partial charge in [-0.15, -0.1) is 0 Å². The maximum atomic E-state index is 12.5. The van der Waals surface area contributed by atoms with Crippen molar-refractivity contribution in [3.8, 4) is 0 Å². The summed E-state index contributed by atoms with van der Waals surface area (Å²) in [5.74, 6) is 0.432. The molecule has 1 aromatic carbocycles. The van der Waals surface area contributed by atoms with E-state index in [1.807, 2.05) is 12.1 Å².